The largest absolute Gasteiger partial charge is 0.352 e. The van der Waals surface area contributed by atoms with Gasteiger partial charge in [0.2, 0.25) is 5.91 Å². The van der Waals surface area contributed by atoms with Crippen molar-refractivity contribution < 1.29 is 4.79 Å². The summed E-state index contributed by atoms with van der Waals surface area (Å²) in [6.07, 6.45) is 5.10. The number of nitrogens with zero attached hydrogens (tertiary/aromatic N) is 2. The Labute approximate surface area is 141 Å². The highest BCUT2D eigenvalue weighted by Gasteiger charge is 2.41. The Morgan fingerprint density at radius 3 is 2.87 bits per heavy atom. The van der Waals surface area contributed by atoms with Gasteiger partial charge in [0.25, 0.3) is 0 Å². The Morgan fingerprint density at radius 1 is 1.30 bits per heavy atom. The van der Waals surface area contributed by atoms with Crippen molar-refractivity contribution in [3.63, 3.8) is 0 Å². The molecule has 0 spiro atoms. The summed E-state index contributed by atoms with van der Waals surface area (Å²) >= 11 is 1.76. The van der Waals surface area contributed by atoms with Crippen LogP contribution in [0.2, 0.25) is 0 Å². The smallest absolute Gasteiger partial charge is 0.217 e. The minimum absolute atomic E-state index is 0.00485. The minimum Gasteiger partial charge on any atom is -0.352 e. The Bertz CT molecular complexity index is 680. The maximum absolute atomic E-state index is 11.0. The summed E-state index contributed by atoms with van der Waals surface area (Å²) < 4.78 is 0. The molecule has 23 heavy (non-hydrogen) atoms. The topological polar surface area (TPSA) is 44.7 Å². The van der Waals surface area contributed by atoms with Crippen LogP contribution in [0.25, 0.3) is 5.70 Å². The number of fused-ring (bicyclic) bond motifs is 3. The van der Waals surface area contributed by atoms with Gasteiger partial charge >= 0.3 is 0 Å². The maximum atomic E-state index is 11.0. The summed E-state index contributed by atoms with van der Waals surface area (Å²) in [5.74, 6) is 0.00485. The number of nitrogens with one attached hydrogen (secondary N) is 1. The van der Waals surface area contributed by atoms with Crippen molar-refractivity contribution in [3.8, 4) is 0 Å². The predicted molar refractivity (Wildman–Crippen MR) is 94.8 cm³/mol. The van der Waals surface area contributed by atoms with Crippen molar-refractivity contribution in [2.24, 2.45) is 4.99 Å². The lowest BCUT2D eigenvalue weighted by Crippen LogP contribution is -2.38. The first-order valence-corrected chi connectivity index (χ1v) is 9.18. The van der Waals surface area contributed by atoms with Crippen molar-refractivity contribution in [3.05, 3.63) is 40.8 Å². The van der Waals surface area contributed by atoms with Gasteiger partial charge in [0, 0.05) is 18.9 Å². The van der Waals surface area contributed by atoms with Gasteiger partial charge in [0.05, 0.1) is 17.8 Å². The Hall–Kier alpha value is -1.75. The molecule has 0 aromatic heterocycles. The van der Waals surface area contributed by atoms with Crippen LogP contribution < -0.4 is 5.32 Å². The number of hydrogen-bond donors (Lipinski definition) is 1. The SMILES string of the molecule is CC(=O)NCc1ccc(C2=CSC3=N[C@@H]4CCCC[C@H]4N23)cc1. The molecule has 1 amide bonds. The zero-order valence-corrected chi connectivity index (χ0v) is 14.1. The third kappa shape index (κ3) is 2.78. The Morgan fingerprint density at radius 2 is 2.09 bits per heavy atom. The highest BCUT2D eigenvalue weighted by molar-refractivity contribution is 8.16. The van der Waals surface area contributed by atoms with Crippen LogP contribution in [0.5, 0.6) is 0 Å². The molecule has 5 heteroatoms. The average Bonchev–Trinajstić information content (AvgIpc) is 3.12. The van der Waals surface area contributed by atoms with Crippen LogP contribution in [0.1, 0.15) is 43.7 Å². The van der Waals surface area contributed by atoms with Gasteiger partial charge in [-0.2, -0.15) is 0 Å². The van der Waals surface area contributed by atoms with E-state index in [1.807, 2.05) is 0 Å². The molecule has 1 aromatic carbocycles. The second-order valence-corrected chi connectivity index (χ2v) is 7.26. The van der Waals surface area contributed by atoms with Gasteiger partial charge in [0.1, 0.15) is 0 Å². The first-order valence-electron chi connectivity index (χ1n) is 8.30. The van der Waals surface area contributed by atoms with Crippen molar-refractivity contribution in [1.29, 1.82) is 0 Å². The number of amidine groups is 1. The van der Waals surface area contributed by atoms with E-state index in [-0.39, 0.29) is 5.91 Å². The second kappa shape index (κ2) is 6.04. The van der Waals surface area contributed by atoms with Gasteiger partial charge < -0.3 is 10.2 Å². The number of benzene rings is 1. The van der Waals surface area contributed by atoms with Gasteiger partial charge in [-0.1, -0.05) is 48.9 Å². The van der Waals surface area contributed by atoms with Gasteiger partial charge in [-0.15, -0.1) is 0 Å². The fourth-order valence-electron chi connectivity index (χ4n) is 3.65. The summed E-state index contributed by atoms with van der Waals surface area (Å²) in [5.41, 5.74) is 3.65. The molecular formula is C18H21N3OS. The van der Waals surface area contributed by atoms with Gasteiger partial charge in [-0.3, -0.25) is 9.79 Å². The fourth-order valence-corrected chi connectivity index (χ4v) is 4.66. The predicted octanol–water partition coefficient (Wildman–Crippen LogP) is 3.35. The molecule has 1 aliphatic carbocycles. The van der Waals surface area contributed by atoms with Crippen molar-refractivity contribution in [2.75, 3.05) is 0 Å². The van der Waals surface area contributed by atoms with E-state index >= 15 is 0 Å². The maximum Gasteiger partial charge on any atom is 0.217 e. The summed E-state index contributed by atoms with van der Waals surface area (Å²) in [7, 11) is 0. The standard InChI is InChI=1S/C18H21N3OS/c1-12(22)19-10-13-6-8-14(9-7-13)17-11-23-18-20-15-4-2-3-5-16(15)21(17)18/h6-9,11,15-16H,2-5,10H2,1H3,(H,19,22)/t15-,16-/m1/s1. The molecule has 1 fully saturated rings. The van der Waals surface area contributed by atoms with Crippen LogP contribution in [0, 0.1) is 0 Å². The van der Waals surface area contributed by atoms with Crippen LogP contribution in [-0.4, -0.2) is 28.1 Å². The monoisotopic (exact) mass is 327 g/mol. The summed E-state index contributed by atoms with van der Waals surface area (Å²) in [4.78, 5) is 18.4. The molecule has 1 N–H and O–H groups in total. The molecule has 3 aliphatic rings. The van der Waals surface area contributed by atoms with Crippen LogP contribution in [-0.2, 0) is 11.3 Å². The van der Waals surface area contributed by atoms with Crippen LogP contribution in [0.3, 0.4) is 0 Å². The lowest BCUT2D eigenvalue weighted by molar-refractivity contribution is -0.119. The molecular weight excluding hydrogens is 306 g/mol. The number of carbonyl (C=O) groups is 1. The minimum atomic E-state index is 0.00485. The molecule has 0 saturated heterocycles. The molecule has 0 bridgehead atoms. The first kappa shape index (κ1) is 14.8. The zero-order chi connectivity index (χ0) is 15.8. The number of carbonyl (C=O) groups excluding carboxylic acids is 1. The highest BCUT2D eigenvalue weighted by Crippen LogP contribution is 2.43. The number of amides is 1. The molecule has 2 aliphatic heterocycles. The van der Waals surface area contributed by atoms with E-state index in [1.54, 1.807) is 18.7 Å². The molecule has 2 atom stereocenters. The van der Waals surface area contributed by atoms with Crippen molar-refractivity contribution in [2.45, 2.75) is 51.2 Å². The number of aliphatic imine (C=N–C) groups is 1. The van der Waals surface area contributed by atoms with Crippen LogP contribution in [0.15, 0.2) is 34.7 Å². The molecule has 2 heterocycles. The third-order valence-corrected chi connectivity index (χ3v) is 5.69. The van der Waals surface area contributed by atoms with Crippen molar-refractivity contribution in [1.82, 2.24) is 10.2 Å². The lowest BCUT2D eigenvalue weighted by Gasteiger charge is -2.32. The first-order chi connectivity index (χ1) is 11.2. The van der Waals surface area contributed by atoms with E-state index in [1.165, 1.54) is 42.1 Å². The van der Waals surface area contributed by atoms with Gasteiger partial charge in [0.15, 0.2) is 5.17 Å². The van der Waals surface area contributed by atoms with E-state index in [2.05, 4.69) is 39.9 Å². The lowest BCUT2D eigenvalue weighted by atomic mass is 9.90. The molecule has 1 aromatic rings. The fraction of sp³-hybridized carbons (Fsp3) is 0.444. The van der Waals surface area contributed by atoms with Gasteiger partial charge in [-0.05, 0) is 24.0 Å². The van der Waals surface area contributed by atoms with E-state index in [9.17, 15) is 4.79 Å². The summed E-state index contributed by atoms with van der Waals surface area (Å²) in [6, 6.07) is 9.56. The van der Waals surface area contributed by atoms with Gasteiger partial charge in [-0.25, -0.2) is 0 Å². The zero-order valence-electron chi connectivity index (χ0n) is 13.3. The second-order valence-electron chi connectivity index (χ2n) is 6.43. The van der Waals surface area contributed by atoms with E-state index in [0.29, 0.717) is 18.6 Å². The number of hydrogen-bond acceptors (Lipinski definition) is 4. The molecule has 4 nitrogen and oxygen atoms in total. The summed E-state index contributed by atoms with van der Waals surface area (Å²) in [6.45, 7) is 2.13. The molecule has 0 radical (unpaired) electrons. The third-order valence-electron chi connectivity index (χ3n) is 4.83. The van der Waals surface area contributed by atoms with Crippen LogP contribution >= 0.6 is 11.8 Å². The number of thioether (sulfide) groups is 1. The molecule has 4 rings (SSSR count). The highest BCUT2D eigenvalue weighted by atomic mass is 32.2. The molecule has 120 valence electrons. The Balaban J connectivity index is 1.52. The average molecular weight is 327 g/mol. The Kier molecular flexibility index (Phi) is 3.89. The quantitative estimate of drug-likeness (QED) is 0.926. The van der Waals surface area contributed by atoms with E-state index in [0.717, 1.165) is 5.56 Å². The van der Waals surface area contributed by atoms with Crippen molar-refractivity contribution >= 4 is 28.5 Å². The normalized spacial score (nSPS) is 25.5. The van der Waals surface area contributed by atoms with Crippen LogP contribution in [0.4, 0.5) is 0 Å². The van der Waals surface area contributed by atoms with E-state index in [4.69, 9.17) is 4.99 Å². The van der Waals surface area contributed by atoms with E-state index < -0.39 is 0 Å². The number of rotatable bonds is 3. The molecule has 0 unspecified atom stereocenters. The molecule has 1 saturated carbocycles. The summed E-state index contributed by atoms with van der Waals surface area (Å²) in [5, 5.41) is 6.25.